The molecule has 3 nitrogen and oxygen atoms in total. The Labute approximate surface area is 193 Å². The lowest BCUT2D eigenvalue weighted by Crippen LogP contribution is -2.11. The summed E-state index contributed by atoms with van der Waals surface area (Å²) >= 11 is 12.2. The average molecular weight is 457 g/mol. The lowest BCUT2D eigenvalue weighted by atomic mass is 9.90. The molecule has 0 aliphatic heterocycles. The second kappa shape index (κ2) is 9.76. The van der Waals surface area contributed by atoms with Gasteiger partial charge in [-0.15, -0.1) is 0 Å². The minimum absolute atomic E-state index is 0.251. The fourth-order valence-electron chi connectivity index (χ4n) is 3.43. The van der Waals surface area contributed by atoms with Gasteiger partial charge in [0.25, 0.3) is 0 Å². The Morgan fingerprint density at radius 3 is 2.00 bits per heavy atom. The summed E-state index contributed by atoms with van der Waals surface area (Å²) in [6.45, 7) is 10.9. The molecule has 3 rings (SSSR count). The summed E-state index contributed by atoms with van der Waals surface area (Å²) in [5.74, 6) is 0.710. The molecule has 0 saturated carbocycles. The molecule has 3 aromatic rings. The van der Waals surface area contributed by atoms with Crippen molar-refractivity contribution in [3.8, 4) is 22.6 Å². The van der Waals surface area contributed by atoms with E-state index in [1.165, 1.54) is 6.07 Å². The van der Waals surface area contributed by atoms with E-state index >= 15 is 0 Å². The molecular formula is C26H26Cl2O3. The molecule has 0 aliphatic carbocycles. The van der Waals surface area contributed by atoms with E-state index in [4.69, 9.17) is 32.7 Å². The molecule has 0 aromatic heterocycles. The summed E-state index contributed by atoms with van der Waals surface area (Å²) in [6, 6.07) is 12.5. The Bertz CT molecular complexity index is 1140. The van der Waals surface area contributed by atoms with Crippen molar-refractivity contribution in [1.82, 2.24) is 0 Å². The van der Waals surface area contributed by atoms with Crippen molar-refractivity contribution in [2.45, 2.75) is 41.0 Å². The van der Waals surface area contributed by atoms with Crippen LogP contribution >= 0.6 is 23.2 Å². The number of carbonyl (C=O) groups is 1. The van der Waals surface area contributed by atoms with Gasteiger partial charge in [-0.1, -0.05) is 42.3 Å². The van der Waals surface area contributed by atoms with Gasteiger partial charge >= 0.3 is 5.97 Å². The van der Waals surface area contributed by atoms with Crippen LogP contribution < -0.4 is 9.47 Å². The highest BCUT2D eigenvalue weighted by molar-refractivity contribution is 6.36. The molecule has 0 unspecified atom stereocenters. The van der Waals surface area contributed by atoms with Gasteiger partial charge < -0.3 is 9.47 Å². The predicted octanol–water partition coefficient (Wildman–Crippen LogP) is 7.90. The summed E-state index contributed by atoms with van der Waals surface area (Å²) in [6.07, 6.45) is 0.899. The zero-order valence-electron chi connectivity index (χ0n) is 18.4. The van der Waals surface area contributed by atoms with Crippen molar-refractivity contribution in [3.63, 3.8) is 0 Å². The van der Waals surface area contributed by atoms with E-state index in [0.717, 1.165) is 45.6 Å². The molecule has 5 heteroatoms. The van der Waals surface area contributed by atoms with E-state index in [0.29, 0.717) is 17.4 Å². The number of hydrogen-bond acceptors (Lipinski definition) is 3. The van der Waals surface area contributed by atoms with Crippen molar-refractivity contribution >= 4 is 29.2 Å². The third-order valence-electron chi connectivity index (χ3n) is 5.46. The zero-order chi connectivity index (χ0) is 22.7. The Kier molecular flexibility index (Phi) is 7.30. The van der Waals surface area contributed by atoms with E-state index in [1.807, 2.05) is 38.1 Å². The second-order valence-electron chi connectivity index (χ2n) is 7.62. The van der Waals surface area contributed by atoms with Crippen LogP contribution in [0.1, 0.15) is 46.0 Å². The van der Waals surface area contributed by atoms with Gasteiger partial charge in [0, 0.05) is 16.1 Å². The standard InChI is InChI=1S/C26H26Cl2O3/c1-6-13-30-22-11-7-15(2)17(4)24(22)25-18(5)16(3)8-12-23(25)31-26(29)20-10-9-19(27)14-21(20)28/h7-12,14H,6,13H2,1-5H3. The van der Waals surface area contributed by atoms with Gasteiger partial charge in [0.2, 0.25) is 0 Å². The smallest absolute Gasteiger partial charge is 0.345 e. The topological polar surface area (TPSA) is 35.5 Å². The number of halogens is 2. The largest absolute Gasteiger partial charge is 0.493 e. The van der Waals surface area contributed by atoms with Crippen LogP contribution in [0.3, 0.4) is 0 Å². The van der Waals surface area contributed by atoms with Crippen LogP contribution in [0.4, 0.5) is 0 Å². The van der Waals surface area contributed by atoms with Crippen LogP contribution in [0, 0.1) is 27.7 Å². The van der Waals surface area contributed by atoms with E-state index in [-0.39, 0.29) is 10.6 Å². The van der Waals surface area contributed by atoms with Crippen LogP contribution in [-0.4, -0.2) is 12.6 Å². The van der Waals surface area contributed by atoms with E-state index in [9.17, 15) is 4.79 Å². The maximum absolute atomic E-state index is 13.0. The summed E-state index contributed by atoms with van der Waals surface area (Å²) in [5.41, 5.74) is 6.41. The Balaban J connectivity index is 2.16. The summed E-state index contributed by atoms with van der Waals surface area (Å²) in [7, 11) is 0. The van der Waals surface area contributed by atoms with Crippen LogP contribution in [0.2, 0.25) is 10.0 Å². The predicted molar refractivity (Wildman–Crippen MR) is 128 cm³/mol. The number of benzene rings is 3. The molecule has 0 atom stereocenters. The fraction of sp³-hybridized carbons (Fsp3) is 0.269. The molecule has 0 saturated heterocycles. The molecule has 0 heterocycles. The number of hydrogen-bond donors (Lipinski definition) is 0. The molecular weight excluding hydrogens is 431 g/mol. The average Bonchev–Trinajstić information content (AvgIpc) is 2.72. The SMILES string of the molecule is CCCOc1ccc(C)c(C)c1-c1c(OC(=O)c2ccc(Cl)cc2Cl)ccc(C)c1C. The van der Waals surface area contributed by atoms with Gasteiger partial charge in [-0.05, 0) is 86.7 Å². The summed E-state index contributed by atoms with van der Waals surface area (Å²) in [5, 5.41) is 0.711. The maximum Gasteiger partial charge on any atom is 0.345 e. The highest BCUT2D eigenvalue weighted by atomic mass is 35.5. The molecule has 0 aliphatic rings. The number of esters is 1. The minimum atomic E-state index is -0.535. The second-order valence-corrected chi connectivity index (χ2v) is 8.47. The molecule has 0 fully saturated rings. The number of rotatable bonds is 6. The van der Waals surface area contributed by atoms with Crippen molar-refractivity contribution < 1.29 is 14.3 Å². The molecule has 162 valence electrons. The summed E-state index contributed by atoms with van der Waals surface area (Å²) < 4.78 is 11.9. The van der Waals surface area contributed by atoms with Gasteiger partial charge in [-0.2, -0.15) is 0 Å². The monoisotopic (exact) mass is 456 g/mol. The van der Waals surface area contributed by atoms with Crippen LogP contribution in [0.15, 0.2) is 42.5 Å². The minimum Gasteiger partial charge on any atom is -0.493 e. The van der Waals surface area contributed by atoms with Crippen LogP contribution in [-0.2, 0) is 0 Å². The Morgan fingerprint density at radius 2 is 1.42 bits per heavy atom. The van der Waals surface area contributed by atoms with Gasteiger partial charge in [0.05, 0.1) is 17.2 Å². The highest BCUT2D eigenvalue weighted by Crippen LogP contribution is 2.43. The first-order valence-corrected chi connectivity index (χ1v) is 11.0. The van der Waals surface area contributed by atoms with Gasteiger partial charge in [-0.3, -0.25) is 0 Å². The summed E-state index contributed by atoms with van der Waals surface area (Å²) in [4.78, 5) is 13.0. The van der Waals surface area contributed by atoms with E-state index in [1.54, 1.807) is 12.1 Å². The Hall–Kier alpha value is -2.49. The number of aryl methyl sites for hydroxylation is 2. The third kappa shape index (κ3) is 4.89. The van der Waals surface area contributed by atoms with Crippen molar-refractivity contribution in [2.75, 3.05) is 6.61 Å². The van der Waals surface area contributed by atoms with Gasteiger partial charge in [0.1, 0.15) is 11.5 Å². The normalized spacial score (nSPS) is 10.8. The molecule has 0 bridgehead atoms. The molecule has 3 aromatic carbocycles. The molecule has 0 radical (unpaired) electrons. The molecule has 0 N–H and O–H groups in total. The van der Waals surface area contributed by atoms with Crippen molar-refractivity contribution in [3.05, 3.63) is 80.3 Å². The Morgan fingerprint density at radius 1 is 0.839 bits per heavy atom. The first-order chi connectivity index (χ1) is 14.7. The first kappa shape index (κ1) is 23.2. The van der Waals surface area contributed by atoms with Crippen LogP contribution in [0.25, 0.3) is 11.1 Å². The van der Waals surface area contributed by atoms with Crippen molar-refractivity contribution in [2.24, 2.45) is 0 Å². The zero-order valence-corrected chi connectivity index (χ0v) is 19.9. The molecule has 0 amide bonds. The van der Waals surface area contributed by atoms with Crippen LogP contribution in [0.5, 0.6) is 11.5 Å². The third-order valence-corrected chi connectivity index (χ3v) is 6.01. The lowest BCUT2D eigenvalue weighted by molar-refractivity contribution is 0.0735. The van der Waals surface area contributed by atoms with E-state index in [2.05, 4.69) is 20.8 Å². The number of carbonyl (C=O) groups excluding carboxylic acids is 1. The maximum atomic E-state index is 13.0. The molecule has 0 spiro atoms. The van der Waals surface area contributed by atoms with Crippen molar-refractivity contribution in [1.29, 1.82) is 0 Å². The number of ether oxygens (including phenoxy) is 2. The fourth-order valence-corrected chi connectivity index (χ4v) is 3.92. The highest BCUT2D eigenvalue weighted by Gasteiger charge is 2.22. The lowest BCUT2D eigenvalue weighted by Gasteiger charge is -2.21. The molecule has 31 heavy (non-hydrogen) atoms. The van der Waals surface area contributed by atoms with E-state index < -0.39 is 5.97 Å². The first-order valence-electron chi connectivity index (χ1n) is 10.2. The van der Waals surface area contributed by atoms with Gasteiger partial charge in [-0.25, -0.2) is 4.79 Å². The van der Waals surface area contributed by atoms with Gasteiger partial charge in [0.15, 0.2) is 0 Å². The quantitative estimate of drug-likeness (QED) is 0.279.